The minimum atomic E-state index is -0.594. The van der Waals surface area contributed by atoms with E-state index >= 15 is 0 Å². The fourth-order valence-corrected chi connectivity index (χ4v) is 3.43. The van der Waals surface area contributed by atoms with E-state index in [1.807, 2.05) is 30.4 Å². The smallest absolute Gasteiger partial charge is 0.257 e. The molecular weight excluding hydrogens is 314 g/mol. The maximum absolute atomic E-state index is 12.6. The summed E-state index contributed by atoms with van der Waals surface area (Å²) in [5.74, 6) is -0.209. The van der Waals surface area contributed by atoms with E-state index in [0.717, 1.165) is 0 Å². The highest BCUT2D eigenvalue weighted by Crippen LogP contribution is 2.32. The maximum Gasteiger partial charge on any atom is 0.257 e. The molecule has 0 bridgehead atoms. The van der Waals surface area contributed by atoms with Crippen LogP contribution in [0.1, 0.15) is 29.8 Å². The Bertz CT molecular complexity index is 658. The number of carbonyl (C=O) groups is 2. The van der Waals surface area contributed by atoms with Crippen LogP contribution in [-0.2, 0) is 4.79 Å². The SMILES string of the molecule is COc1ccc(C(N)=O)c(NC(=O)C2SC=CN2C(C)C)c1C. The molecule has 0 radical (unpaired) electrons. The van der Waals surface area contributed by atoms with Crippen molar-refractivity contribution in [2.24, 2.45) is 5.73 Å². The van der Waals surface area contributed by atoms with Crippen molar-refractivity contribution in [3.8, 4) is 5.75 Å². The van der Waals surface area contributed by atoms with Crippen LogP contribution >= 0.6 is 11.8 Å². The number of nitrogens with one attached hydrogen (secondary N) is 1. The number of hydrogen-bond donors (Lipinski definition) is 2. The van der Waals surface area contributed by atoms with Gasteiger partial charge in [-0.05, 0) is 38.3 Å². The quantitative estimate of drug-likeness (QED) is 0.862. The third-order valence-corrected chi connectivity index (χ3v) is 4.67. The molecule has 1 heterocycles. The van der Waals surface area contributed by atoms with E-state index in [1.165, 1.54) is 18.9 Å². The lowest BCUT2D eigenvalue weighted by molar-refractivity contribution is -0.118. The average Bonchev–Trinajstić information content (AvgIpc) is 2.98. The molecule has 23 heavy (non-hydrogen) atoms. The van der Waals surface area contributed by atoms with Gasteiger partial charge in [-0.2, -0.15) is 0 Å². The van der Waals surface area contributed by atoms with E-state index in [2.05, 4.69) is 5.32 Å². The lowest BCUT2D eigenvalue weighted by Crippen LogP contribution is -2.40. The van der Waals surface area contributed by atoms with Crippen molar-refractivity contribution in [1.29, 1.82) is 0 Å². The predicted molar refractivity (Wildman–Crippen MR) is 92.4 cm³/mol. The van der Waals surface area contributed by atoms with Gasteiger partial charge in [0, 0.05) is 17.8 Å². The Labute approximate surface area is 140 Å². The van der Waals surface area contributed by atoms with Gasteiger partial charge in [-0.1, -0.05) is 11.8 Å². The molecule has 2 amide bonds. The van der Waals surface area contributed by atoms with E-state index in [1.54, 1.807) is 19.1 Å². The number of nitrogens with two attached hydrogens (primary N) is 1. The lowest BCUT2D eigenvalue weighted by Gasteiger charge is -2.28. The zero-order valence-electron chi connectivity index (χ0n) is 13.6. The Kier molecular flexibility index (Phi) is 5.20. The third-order valence-electron chi connectivity index (χ3n) is 3.68. The Morgan fingerprint density at radius 1 is 1.39 bits per heavy atom. The van der Waals surface area contributed by atoms with Crippen molar-refractivity contribution >= 4 is 29.3 Å². The zero-order valence-corrected chi connectivity index (χ0v) is 14.4. The second-order valence-corrected chi connectivity index (χ2v) is 6.47. The molecule has 1 unspecified atom stereocenters. The van der Waals surface area contributed by atoms with Gasteiger partial charge in [-0.15, -0.1) is 0 Å². The van der Waals surface area contributed by atoms with Crippen molar-refractivity contribution in [3.05, 3.63) is 34.9 Å². The fraction of sp³-hybridized carbons (Fsp3) is 0.375. The van der Waals surface area contributed by atoms with Gasteiger partial charge in [0.05, 0.1) is 18.4 Å². The highest BCUT2D eigenvalue weighted by molar-refractivity contribution is 8.03. The third kappa shape index (κ3) is 3.44. The molecule has 0 aromatic heterocycles. The Balaban J connectivity index is 2.32. The number of primary amides is 1. The van der Waals surface area contributed by atoms with Gasteiger partial charge in [0.25, 0.3) is 11.8 Å². The van der Waals surface area contributed by atoms with E-state index in [4.69, 9.17) is 10.5 Å². The topological polar surface area (TPSA) is 84.7 Å². The predicted octanol–water partition coefficient (Wildman–Crippen LogP) is 2.30. The van der Waals surface area contributed by atoms with Gasteiger partial charge in [-0.25, -0.2) is 0 Å². The van der Waals surface area contributed by atoms with E-state index in [0.29, 0.717) is 17.0 Å². The molecule has 1 aromatic rings. The molecule has 1 aliphatic rings. The minimum absolute atomic E-state index is 0.194. The molecule has 0 saturated heterocycles. The number of ether oxygens (including phenoxy) is 1. The van der Waals surface area contributed by atoms with Crippen molar-refractivity contribution in [1.82, 2.24) is 4.90 Å². The molecule has 124 valence electrons. The molecule has 7 heteroatoms. The molecule has 1 aliphatic heterocycles. The monoisotopic (exact) mass is 335 g/mol. The van der Waals surface area contributed by atoms with Crippen LogP contribution in [0, 0.1) is 6.92 Å². The summed E-state index contributed by atoms with van der Waals surface area (Å²) in [6.45, 7) is 5.81. The van der Waals surface area contributed by atoms with Gasteiger partial charge in [-0.3, -0.25) is 9.59 Å². The van der Waals surface area contributed by atoms with Crippen LogP contribution in [0.5, 0.6) is 5.75 Å². The number of thioether (sulfide) groups is 1. The molecule has 3 N–H and O–H groups in total. The number of benzene rings is 1. The second-order valence-electron chi connectivity index (χ2n) is 5.48. The number of hydrogen-bond acceptors (Lipinski definition) is 5. The minimum Gasteiger partial charge on any atom is -0.496 e. The van der Waals surface area contributed by atoms with Crippen molar-refractivity contribution in [3.63, 3.8) is 0 Å². The molecule has 1 aromatic carbocycles. The van der Waals surface area contributed by atoms with Gasteiger partial charge in [0.1, 0.15) is 5.75 Å². The van der Waals surface area contributed by atoms with E-state index in [-0.39, 0.29) is 22.9 Å². The first-order valence-corrected chi connectivity index (χ1v) is 8.19. The van der Waals surface area contributed by atoms with E-state index in [9.17, 15) is 9.59 Å². The normalized spacial score (nSPS) is 16.7. The van der Waals surface area contributed by atoms with Gasteiger partial charge in [0.15, 0.2) is 5.37 Å². The molecule has 0 saturated carbocycles. The first-order valence-electron chi connectivity index (χ1n) is 7.24. The zero-order chi connectivity index (χ0) is 17.1. The summed E-state index contributed by atoms with van der Waals surface area (Å²) in [5.41, 5.74) is 6.76. The van der Waals surface area contributed by atoms with E-state index < -0.39 is 5.91 Å². The summed E-state index contributed by atoms with van der Waals surface area (Å²) < 4.78 is 5.26. The molecule has 6 nitrogen and oxygen atoms in total. The number of rotatable bonds is 5. The number of nitrogens with zero attached hydrogens (tertiary/aromatic N) is 1. The maximum atomic E-state index is 12.6. The summed E-state index contributed by atoms with van der Waals surface area (Å²) in [5, 5.41) is 4.35. The summed E-state index contributed by atoms with van der Waals surface area (Å²) in [4.78, 5) is 26.3. The number of carbonyl (C=O) groups excluding carboxylic acids is 2. The first-order chi connectivity index (χ1) is 10.9. The number of methoxy groups -OCH3 is 1. The second kappa shape index (κ2) is 6.95. The number of amides is 2. The van der Waals surface area contributed by atoms with Crippen LogP contribution < -0.4 is 15.8 Å². The molecule has 0 spiro atoms. The standard InChI is InChI=1S/C16H21N3O3S/c1-9(2)19-7-8-23-16(19)15(21)18-13-10(3)12(22-4)6-5-11(13)14(17)20/h5-9,16H,1-4H3,(H2,17,20)(H,18,21). The largest absolute Gasteiger partial charge is 0.496 e. The number of anilines is 1. The van der Waals surface area contributed by atoms with Crippen LogP contribution in [0.3, 0.4) is 0 Å². The Morgan fingerprint density at radius 3 is 2.65 bits per heavy atom. The van der Waals surface area contributed by atoms with Crippen LogP contribution in [0.15, 0.2) is 23.7 Å². The lowest BCUT2D eigenvalue weighted by atomic mass is 10.1. The van der Waals surface area contributed by atoms with Crippen LogP contribution in [0.25, 0.3) is 0 Å². The molecule has 1 atom stereocenters. The Hall–Kier alpha value is -2.15. The highest BCUT2D eigenvalue weighted by atomic mass is 32.2. The summed E-state index contributed by atoms with van der Waals surface area (Å²) in [7, 11) is 1.54. The first kappa shape index (κ1) is 17.2. The van der Waals surface area contributed by atoms with Gasteiger partial charge < -0.3 is 20.7 Å². The van der Waals surface area contributed by atoms with Gasteiger partial charge in [0.2, 0.25) is 0 Å². The van der Waals surface area contributed by atoms with Crippen molar-refractivity contribution < 1.29 is 14.3 Å². The van der Waals surface area contributed by atoms with Gasteiger partial charge >= 0.3 is 0 Å². The fourth-order valence-electron chi connectivity index (χ4n) is 2.43. The highest BCUT2D eigenvalue weighted by Gasteiger charge is 2.30. The molecule has 0 fully saturated rings. The molecular formula is C16H21N3O3S. The Morgan fingerprint density at radius 2 is 2.09 bits per heavy atom. The van der Waals surface area contributed by atoms with Crippen molar-refractivity contribution in [2.45, 2.75) is 32.2 Å². The van der Waals surface area contributed by atoms with Crippen LogP contribution in [0.4, 0.5) is 5.69 Å². The van der Waals surface area contributed by atoms with Crippen molar-refractivity contribution in [2.75, 3.05) is 12.4 Å². The summed E-state index contributed by atoms with van der Waals surface area (Å²) >= 11 is 1.42. The summed E-state index contributed by atoms with van der Waals surface area (Å²) in [6.07, 6.45) is 1.90. The van der Waals surface area contributed by atoms with Crippen LogP contribution in [0.2, 0.25) is 0 Å². The molecule has 0 aliphatic carbocycles. The summed E-state index contributed by atoms with van der Waals surface area (Å²) in [6, 6.07) is 3.42. The van der Waals surface area contributed by atoms with Crippen LogP contribution in [-0.4, -0.2) is 35.2 Å². The molecule has 2 rings (SSSR count). The average molecular weight is 335 g/mol.